The predicted octanol–water partition coefficient (Wildman–Crippen LogP) is 7.09. The lowest BCUT2D eigenvalue weighted by Gasteiger charge is -2.41. The van der Waals surface area contributed by atoms with Gasteiger partial charge in [-0.25, -0.2) is 4.79 Å². The Bertz CT molecular complexity index is 362. The van der Waals surface area contributed by atoms with Gasteiger partial charge in [-0.1, -0.05) is 64.7 Å². The summed E-state index contributed by atoms with van der Waals surface area (Å²) in [6.07, 6.45) is 16.7. The Morgan fingerprint density at radius 3 is 2.08 bits per heavy atom. The van der Waals surface area contributed by atoms with Crippen molar-refractivity contribution in [3.8, 4) is 0 Å². The predicted molar refractivity (Wildman–Crippen MR) is 107 cm³/mol. The molecule has 1 aliphatic heterocycles. The highest BCUT2D eigenvalue weighted by Gasteiger charge is 2.34. The lowest BCUT2D eigenvalue weighted by Crippen LogP contribution is -2.50. The second-order valence-electron chi connectivity index (χ2n) is 8.94. The van der Waals surface area contributed by atoms with Crippen molar-refractivity contribution < 1.29 is 9.53 Å². The van der Waals surface area contributed by atoms with Crippen molar-refractivity contribution in [3.05, 3.63) is 0 Å². The zero-order valence-electron chi connectivity index (χ0n) is 17.6. The van der Waals surface area contributed by atoms with Crippen molar-refractivity contribution in [1.29, 1.82) is 0 Å². The molecule has 0 spiro atoms. The van der Waals surface area contributed by atoms with Crippen LogP contribution in [0.3, 0.4) is 0 Å². The van der Waals surface area contributed by atoms with Crippen LogP contribution in [-0.4, -0.2) is 28.7 Å². The van der Waals surface area contributed by atoms with Gasteiger partial charge in [-0.15, -0.1) is 0 Å². The molecule has 2 atom stereocenters. The molecule has 1 saturated heterocycles. The second-order valence-corrected chi connectivity index (χ2v) is 8.94. The van der Waals surface area contributed by atoms with E-state index in [1.807, 2.05) is 25.7 Å². The molecule has 1 amide bonds. The van der Waals surface area contributed by atoms with Crippen LogP contribution in [0.1, 0.15) is 118 Å². The third-order valence-electron chi connectivity index (χ3n) is 5.27. The summed E-state index contributed by atoms with van der Waals surface area (Å²) >= 11 is 0. The molecule has 0 bridgehead atoms. The quantitative estimate of drug-likeness (QED) is 0.392. The van der Waals surface area contributed by atoms with E-state index in [-0.39, 0.29) is 6.09 Å². The monoisotopic (exact) mass is 353 g/mol. The average molecular weight is 354 g/mol. The molecule has 0 aromatic heterocycles. The Labute approximate surface area is 156 Å². The third-order valence-corrected chi connectivity index (χ3v) is 5.27. The Morgan fingerprint density at radius 2 is 1.52 bits per heavy atom. The van der Waals surface area contributed by atoms with Crippen molar-refractivity contribution >= 4 is 6.09 Å². The normalized spacial score (nSPS) is 21.4. The van der Waals surface area contributed by atoms with Crippen LogP contribution in [-0.2, 0) is 4.74 Å². The Kier molecular flexibility index (Phi) is 10.5. The molecule has 0 unspecified atom stereocenters. The molecule has 25 heavy (non-hydrogen) atoms. The van der Waals surface area contributed by atoms with Crippen LogP contribution >= 0.6 is 0 Å². The van der Waals surface area contributed by atoms with Crippen LogP contribution in [0.5, 0.6) is 0 Å². The summed E-state index contributed by atoms with van der Waals surface area (Å²) in [5.41, 5.74) is -0.406. The number of hydrogen-bond acceptors (Lipinski definition) is 2. The largest absolute Gasteiger partial charge is 0.444 e. The summed E-state index contributed by atoms with van der Waals surface area (Å²) < 4.78 is 5.66. The van der Waals surface area contributed by atoms with E-state index in [1.165, 1.54) is 64.2 Å². The zero-order chi connectivity index (χ0) is 18.7. The number of likely N-dealkylation sites (tertiary alicyclic amines) is 1. The fourth-order valence-electron chi connectivity index (χ4n) is 3.90. The van der Waals surface area contributed by atoms with Crippen LogP contribution in [0, 0.1) is 0 Å². The van der Waals surface area contributed by atoms with Gasteiger partial charge in [0.15, 0.2) is 0 Å². The summed E-state index contributed by atoms with van der Waals surface area (Å²) in [6.45, 7) is 10.3. The highest BCUT2D eigenvalue weighted by atomic mass is 16.6. The molecule has 0 saturated carbocycles. The van der Waals surface area contributed by atoms with E-state index in [4.69, 9.17) is 4.74 Å². The molecule has 1 rings (SSSR count). The standard InChI is InChI=1S/C22H43NO2/c1-6-7-8-9-10-11-12-13-14-17-20-18-15-16-19(2)23(20)21(24)25-22(3,4)5/h19-20H,6-18H2,1-5H3/t19-,20+/m1/s1. The van der Waals surface area contributed by atoms with E-state index in [9.17, 15) is 4.79 Å². The first kappa shape index (κ1) is 22.3. The summed E-state index contributed by atoms with van der Waals surface area (Å²) in [7, 11) is 0. The Balaban J connectivity index is 2.28. The molecule has 1 aliphatic rings. The fraction of sp³-hybridized carbons (Fsp3) is 0.955. The number of carbonyl (C=O) groups is 1. The van der Waals surface area contributed by atoms with Crippen LogP contribution in [0.15, 0.2) is 0 Å². The van der Waals surface area contributed by atoms with Gasteiger partial charge >= 0.3 is 6.09 Å². The van der Waals surface area contributed by atoms with E-state index in [0.717, 1.165) is 19.3 Å². The molecule has 0 radical (unpaired) electrons. The number of unbranched alkanes of at least 4 members (excludes halogenated alkanes) is 8. The van der Waals surface area contributed by atoms with E-state index in [1.54, 1.807) is 0 Å². The maximum absolute atomic E-state index is 12.6. The number of hydrogen-bond donors (Lipinski definition) is 0. The van der Waals surface area contributed by atoms with Gasteiger partial charge in [0.2, 0.25) is 0 Å². The van der Waals surface area contributed by atoms with Gasteiger partial charge in [0, 0.05) is 12.1 Å². The minimum atomic E-state index is -0.406. The molecule has 3 heteroatoms. The first-order valence-corrected chi connectivity index (χ1v) is 10.9. The smallest absolute Gasteiger partial charge is 0.410 e. The number of nitrogens with zero attached hydrogens (tertiary/aromatic N) is 1. The van der Waals surface area contributed by atoms with Crippen molar-refractivity contribution in [1.82, 2.24) is 4.90 Å². The van der Waals surface area contributed by atoms with E-state index in [0.29, 0.717) is 12.1 Å². The summed E-state index contributed by atoms with van der Waals surface area (Å²) in [6, 6.07) is 0.690. The summed E-state index contributed by atoms with van der Waals surface area (Å²) in [5, 5.41) is 0. The van der Waals surface area contributed by atoms with Gasteiger partial charge in [0.05, 0.1) is 0 Å². The topological polar surface area (TPSA) is 29.5 Å². The minimum Gasteiger partial charge on any atom is -0.444 e. The van der Waals surface area contributed by atoms with Gasteiger partial charge in [0.1, 0.15) is 5.60 Å². The highest BCUT2D eigenvalue weighted by molar-refractivity contribution is 5.69. The molecule has 148 valence electrons. The third kappa shape index (κ3) is 9.51. The zero-order valence-corrected chi connectivity index (χ0v) is 17.6. The molecular weight excluding hydrogens is 310 g/mol. The number of ether oxygens (including phenoxy) is 1. The van der Waals surface area contributed by atoms with Gasteiger partial charge in [0.25, 0.3) is 0 Å². The Hall–Kier alpha value is -0.730. The lowest BCUT2D eigenvalue weighted by molar-refractivity contribution is -0.00430. The van der Waals surface area contributed by atoms with Gasteiger partial charge in [-0.05, 0) is 53.4 Å². The minimum absolute atomic E-state index is 0.111. The fourth-order valence-corrected chi connectivity index (χ4v) is 3.90. The molecular formula is C22H43NO2. The van der Waals surface area contributed by atoms with E-state index < -0.39 is 5.60 Å². The summed E-state index contributed by atoms with van der Waals surface area (Å²) in [4.78, 5) is 14.6. The average Bonchev–Trinajstić information content (AvgIpc) is 2.51. The van der Waals surface area contributed by atoms with Crippen molar-refractivity contribution in [3.63, 3.8) is 0 Å². The van der Waals surface area contributed by atoms with E-state index in [2.05, 4.69) is 13.8 Å². The van der Waals surface area contributed by atoms with E-state index >= 15 is 0 Å². The van der Waals surface area contributed by atoms with Crippen LogP contribution in [0.4, 0.5) is 4.79 Å². The van der Waals surface area contributed by atoms with Crippen LogP contribution < -0.4 is 0 Å². The van der Waals surface area contributed by atoms with Crippen LogP contribution in [0.25, 0.3) is 0 Å². The molecule has 0 aromatic rings. The second kappa shape index (κ2) is 11.8. The van der Waals surface area contributed by atoms with Gasteiger partial charge in [-0.2, -0.15) is 0 Å². The van der Waals surface area contributed by atoms with Gasteiger partial charge in [-0.3, -0.25) is 0 Å². The SMILES string of the molecule is CCCCCCCCCCC[C@H]1CCC[C@@H](C)N1C(=O)OC(C)(C)C. The molecule has 0 aromatic carbocycles. The molecule has 3 nitrogen and oxygen atoms in total. The summed E-state index contributed by atoms with van der Waals surface area (Å²) in [5.74, 6) is 0. The van der Waals surface area contributed by atoms with Crippen molar-refractivity contribution in [2.45, 2.75) is 136 Å². The number of piperidine rings is 1. The molecule has 1 heterocycles. The molecule has 0 aliphatic carbocycles. The maximum atomic E-state index is 12.6. The number of carbonyl (C=O) groups excluding carboxylic acids is 1. The van der Waals surface area contributed by atoms with Crippen molar-refractivity contribution in [2.24, 2.45) is 0 Å². The first-order valence-electron chi connectivity index (χ1n) is 10.9. The maximum Gasteiger partial charge on any atom is 0.410 e. The van der Waals surface area contributed by atoms with Crippen molar-refractivity contribution in [2.75, 3.05) is 0 Å². The first-order chi connectivity index (χ1) is 11.8. The van der Waals surface area contributed by atoms with Gasteiger partial charge < -0.3 is 9.64 Å². The van der Waals surface area contributed by atoms with Crippen LogP contribution in [0.2, 0.25) is 0 Å². The highest BCUT2D eigenvalue weighted by Crippen LogP contribution is 2.28. The molecule has 1 fully saturated rings. The number of rotatable bonds is 10. The lowest BCUT2D eigenvalue weighted by atomic mass is 9.93. The Morgan fingerprint density at radius 1 is 0.960 bits per heavy atom. The number of amides is 1. The molecule has 0 N–H and O–H groups in total.